The van der Waals surface area contributed by atoms with E-state index < -0.39 is 0 Å². The first-order chi connectivity index (χ1) is 8.17. The van der Waals surface area contributed by atoms with Crippen molar-refractivity contribution >= 4 is 11.0 Å². The molecule has 1 aromatic carbocycles. The van der Waals surface area contributed by atoms with Crippen LogP contribution in [0.1, 0.15) is 16.9 Å². The highest BCUT2D eigenvalue weighted by Gasteiger charge is 2.16. The van der Waals surface area contributed by atoms with Crippen LogP contribution in [0.5, 0.6) is 0 Å². The Labute approximate surface area is 99.6 Å². The number of benzene rings is 1. The highest BCUT2D eigenvalue weighted by molar-refractivity contribution is 5.85. The number of methoxy groups -OCH3 is 1. The van der Waals surface area contributed by atoms with Gasteiger partial charge in [0.05, 0.1) is 13.2 Å². The number of aryl methyl sites for hydroxylation is 1. The Morgan fingerprint density at radius 1 is 1.41 bits per heavy atom. The highest BCUT2D eigenvalue weighted by atomic mass is 19.1. The predicted molar refractivity (Wildman–Crippen MR) is 64.4 cm³/mol. The molecule has 4 heteroatoms. The van der Waals surface area contributed by atoms with E-state index in [0.29, 0.717) is 13.2 Å². The monoisotopic (exact) mass is 237 g/mol. The van der Waals surface area contributed by atoms with E-state index in [1.165, 1.54) is 12.1 Å². The van der Waals surface area contributed by atoms with Gasteiger partial charge in [-0.15, -0.1) is 0 Å². The molecule has 0 unspecified atom stereocenters. The summed E-state index contributed by atoms with van der Waals surface area (Å²) in [4.78, 5) is 0. The second-order valence-corrected chi connectivity index (χ2v) is 4.07. The van der Waals surface area contributed by atoms with Gasteiger partial charge in [-0.2, -0.15) is 0 Å². The number of hydrogen-bond donors (Lipinski definition) is 1. The van der Waals surface area contributed by atoms with Gasteiger partial charge in [-0.1, -0.05) is 0 Å². The van der Waals surface area contributed by atoms with Crippen LogP contribution in [0.3, 0.4) is 0 Å². The summed E-state index contributed by atoms with van der Waals surface area (Å²) in [6, 6.07) is 2.98. The Morgan fingerprint density at radius 3 is 2.82 bits per heavy atom. The third-order valence-corrected chi connectivity index (χ3v) is 2.75. The molecule has 1 N–H and O–H groups in total. The molecule has 0 bridgehead atoms. The predicted octanol–water partition coefficient (Wildman–Crippen LogP) is 2.75. The number of fused-ring (bicyclic) bond motifs is 1. The summed E-state index contributed by atoms with van der Waals surface area (Å²) in [6.45, 7) is 2.87. The van der Waals surface area contributed by atoms with E-state index in [1.54, 1.807) is 7.11 Å². The Balaban J connectivity index is 2.66. The van der Waals surface area contributed by atoms with Gasteiger partial charge in [0.25, 0.3) is 0 Å². The van der Waals surface area contributed by atoms with Gasteiger partial charge in [-0.3, -0.25) is 0 Å². The van der Waals surface area contributed by atoms with Crippen molar-refractivity contribution in [2.24, 2.45) is 0 Å². The number of ether oxygens (including phenoxy) is 1. The molecule has 0 radical (unpaired) electrons. The van der Waals surface area contributed by atoms with Gasteiger partial charge in [0, 0.05) is 18.1 Å². The summed E-state index contributed by atoms with van der Waals surface area (Å²) in [7, 11) is 3.46. The topological polar surface area (TPSA) is 34.4 Å². The van der Waals surface area contributed by atoms with Crippen molar-refractivity contribution in [3.8, 4) is 0 Å². The van der Waals surface area contributed by atoms with Gasteiger partial charge < -0.3 is 14.5 Å². The Bertz CT molecular complexity index is 534. The van der Waals surface area contributed by atoms with Gasteiger partial charge in [-0.05, 0) is 31.7 Å². The largest absolute Gasteiger partial charge is 0.459 e. The van der Waals surface area contributed by atoms with Crippen molar-refractivity contribution < 1.29 is 13.5 Å². The van der Waals surface area contributed by atoms with Crippen molar-refractivity contribution in [2.45, 2.75) is 20.1 Å². The molecule has 92 valence electrons. The smallest absolute Gasteiger partial charge is 0.137 e. The number of rotatable bonds is 4. The lowest BCUT2D eigenvalue weighted by Gasteiger charge is -2.01. The first-order valence-corrected chi connectivity index (χ1v) is 5.51. The number of nitrogens with one attached hydrogen (secondary N) is 1. The fourth-order valence-electron chi connectivity index (χ4n) is 2.03. The Kier molecular flexibility index (Phi) is 3.45. The molecule has 0 aliphatic heterocycles. The molecule has 0 spiro atoms. The number of halogens is 1. The normalized spacial score (nSPS) is 11.3. The van der Waals surface area contributed by atoms with Gasteiger partial charge in [0.2, 0.25) is 0 Å². The summed E-state index contributed by atoms with van der Waals surface area (Å²) in [5.41, 5.74) is 2.46. The van der Waals surface area contributed by atoms with Gasteiger partial charge in [0.1, 0.15) is 17.2 Å². The van der Waals surface area contributed by atoms with Crippen LogP contribution in [0.15, 0.2) is 16.5 Å². The van der Waals surface area contributed by atoms with Crippen LogP contribution in [0.4, 0.5) is 4.39 Å². The van der Waals surface area contributed by atoms with E-state index in [0.717, 1.165) is 27.9 Å². The van der Waals surface area contributed by atoms with E-state index in [1.807, 2.05) is 14.0 Å². The molecule has 3 nitrogen and oxygen atoms in total. The molecule has 1 aromatic heterocycles. The highest BCUT2D eigenvalue weighted by Crippen LogP contribution is 2.30. The van der Waals surface area contributed by atoms with Gasteiger partial charge >= 0.3 is 0 Å². The van der Waals surface area contributed by atoms with Crippen LogP contribution in [0.2, 0.25) is 0 Å². The average Bonchev–Trinajstić information content (AvgIpc) is 2.59. The summed E-state index contributed by atoms with van der Waals surface area (Å²) in [5, 5.41) is 3.84. The zero-order chi connectivity index (χ0) is 12.4. The molecular formula is C13H16FNO2. The third-order valence-electron chi connectivity index (χ3n) is 2.75. The molecule has 1 heterocycles. The average molecular weight is 237 g/mol. The second kappa shape index (κ2) is 4.85. The summed E-state index contributed by atoms with van der Waals surface area (Å²) >= 11 is 0. The van der Waals surface area contributed by atoms with E-state index in [-0.39, 0.29) is 5.82 Å². The molecule has 0 fully saturated rings. The maximum absolute atomic E-state index is 13.4. The molecular weight excluding hydrogens is 221 g/mol. The van der Waals surface area contributed by atoms with Crippen molar-refractivity contribution in [1.82, 2.24) is 5.32 Å². The van der Waals surface area contributed by atoms with Crippen LogP contribution in [0.25, 0.3) is 11.0 Å². The minimum atomic E-state index is -0.246. The molecule has 2 rings (SSSR count). The molecule has 0 amide bonds. The summed E-state index contributed by atoms with van der Waals surface area (Å²) in [6.07, 6.45) is 0. The van der Waals surface area contributed by atoms with Crippen molar-refractivity contribution in [2.75, 3.05) is 14.2 Å². The SMILES string of the molecule is CNCc1oc2c(C)cc(F)cc2c1COC. The zero-order valence-corrected chi connectivity index (χ0v) is 10.3. The van der Waals surface area contributed by atoms with Crippen LogP contribution < -0.4 is 5.32 Å². The molecule has 17 heavy (non-hydrogen) atoms. The summed E-state index contributed by atoms with van der Waals surface area (Å²) in [5.74, 6) is 0.558. The zero-order valence-electron chi connectivity index (χ0n) is 10.3. The lowest BCUT2D eigenvalue weighted by atomic mass is 10.1. The lowest BCUT2D eigenvalue weighted by Crippen LogP contribution is -2.06. The van der Waals surface area contributed by atoms with Gasteiger partial charge in [-0.25, -0.2) is 4.39 Å². The lowest BCUT2D eigenvalue weighted by molar-refractivity contribution is 0.183. The molecule has 0 aliphatic carbocycles. The molecule has 0 saturated carbocycles. The van der Waals surface area contributed by atoms with Crippen molar-refractivity contribution in [3.05, 3.63) is 34.8 Å². The third kappa shape index (κ3) is 2.18. The van der Waals surface area contributed by atoms with Crippen LogP contribution in [-0.2, 0) is 17.9 Å². The van der Waals surface area contributed by atoms with Crippen molar-refractivity contribution in [1.29, 1.82) is 0 Å². The van der Waals surface area contributed by atoms with E-state index in [9.17, 15) is 4.39 Å². The molecule has 0 aliphatic rings. The summed E-state index contributed by atoms with van der Waals surface area (Å²) < 4.78 is 24.3. The first kappa shape index (κ1) is 12.1. The van der Waals surface area contributed by atoms with Crippen LogP contribution in [-0.4, -0.2) is 14.2 Å². The number of furan rings is 1. The minimum Gasteiger partial charge on any atom is -0.459 e. The Morgan fingerprint density at radius 2 is 2.18 bits per heavy atom. The maximum Gasteiger partial charge on any atom is 0.137 e. The van der Waals surface area contributed by atoms with Crippen LogP contribution >= 0.6 is 0 Å². The number of hydrogen-bond acceptors (Lipinski definition) is 3. The van der Waals surface area contributed by atoms with E-state index >= 15 is 0 Å². The van der Waals surface area contributed by atoms with Crippen LogP contribution in [0, 0.1) is 12.7 Å². The first-order valence-electron chi connectivity index (χ1n) is 5.51. The van der Waals surface area contributed by atoms with E-state index in [4.69, 9.17) is 9.15 Å². The molecule has 2 aromatic rings. The minimum absolute atomic E-state index is 0.246. The van der Waals surface area contributed by atoms with E-state index in [2.05, 4.69) is 5.32 Å². The maximum atomic E-state index is 13.4. The quantitative estimate of drug-likeness (QED) is 0.887. The molecule has 0 atom stereocenters. The Hall–Kier alpha value is -1.39. The fraction of sp³-hybridized carbons (Fsp3) is 0.385. The van der Waals surface area contributed by atoms with Gasteiger partial charge in [0.15, 0.2) is 0 Å². The van der Waals surface area contributed by atoms with Crippen molar-refractivity contribution in [3.63, 3.8) is 0 Å². The standard InChI is InChI=1S/C13H16FNO2/c1-8-4-9(14)5-10-11(7-16-3)12(6-15-2)17-13(8)10/h4-5,15H,6-7H2,1-3H3. The fourth-order valence-corrected chi connectivity index (χ4v) is 2.03. The molecule has 0 saturated heterocycles. The second-order valence-electron chi connectivity index (χ2n) is 4.07.